The second kappa shape index (κ2) is 6.25. The van der Waals surface area contributed by atoms with Crippen LogP contribution in [-0.4, -0.2) is 26.2 Å². The molecule has 0 heterocycles. The second-order valence-electron chi connectivity index (χ2n) is 3.76. The standard InChI is InChI=1S/C13H20N2O2/c1-4-15(5-2)11-8-6-10(7-9-11)12(14)13(16)17-3/h6-9,12H,4-5,14H2,1-3H3/t12-/m0/s1. The molecule has 1 atom stereocenters. The van der Waals surface area contributed by atoms with Crippen LogP contribution >= 0.6 is 0 Å². The molecule has 0 saturated heterocycles. The molecular weight excluding hydrogens is 216 g/mol. The van der Waals surface area contributed by atoms with Gasteiger partial charge < -0.3 is 15.4 Å². The van der Waals surface area contributed by atoms with Gasteiger partial charge >= 0.3 is 5.97 Å². The number of esters is 1. The van der Waals surface area contributed by atoms with Gasteiger partial charge in [-0.1, -0.05) is 12.1 Å². The zero-order valence-corrected chi connectivity index (χ0v) is 10.6. The monoisotopic (exact) mass is 236 g/mol. The highest BCUT2D eigenvalue weighted by molar-refractivity contribution is 5.77. The summed E-state index contributed by atoms with van der Waals surface area (Å²) in [5, 5.41) is 0. The highest BCUT2D eigenvalue weighted by atomic mass is 16.5. The van der Waals surface area contributed by atoms with E-state index in [1.165, 1.54) is 7.11 Å². The summed E-state index contributed by atoms with van der Waals surface area (Å²) in [5.41, 5.74) is 7.66. The first kappa shape index (κ1) is 13.5. The summed E-state index contributed by atoms with van der Waals surface area (Å²) in [6.45, 7) is 6.13. The number of anilines is 1. The van der Waals surface area contributed by atoms with Gasteiger partial charge in [0.05, 0.1) is 7.11 Å². The van der Waals surface area contributed by atoms with E-state index < -0.39 is 12.0 Å². The molecule has 0 fully saturated rings. The normalized spacial score (nSPS) is 12.0. The fourth-order valence-corrected chi connectivity index (χ4v) is 1.74. The molecule has 0 aliphatic heterocycles. The first-order valence-corrected chi connectivity index (χ1v) is 5.82. The summed E-state index contributed by atoms with van der Waals surface area (Å²) in [6, 6.07) is 6.99. The van der Waals surface area contributed by atoms with Gasteiger partial charge in [0.1, 0.15) is 6.04 Å². The third-order valence-corrected chi connectivity index (χ3v) is 2.84. The Morgan fingerprint density at radius 1 is 1.29 bits per heavy atom. The van der Waals surface area contributed by atoms with Crippen molar-refractivity contribution in [1.29, 1.82) is 0 Å². The van der Waals surface area contributed by atoms with Crippen LogP contribution in [-0.2, 0) is 9.53 Å². The van der Waals surface area contributed by atoms with E-state index in [2.05, 4.69) is 23.5 Å². The molecule has 17 heavy (non-hydrogen) atoms. The Bertz CT molecular complexity index is 358. The number of carbonyl (C=O) groups excluding carboxylic acids is 1. The summed E-state index contributed by atoms with van der Waals surface area (Å²) in [7, 11) is 1.34. The SMILES string of the molecule is CCN(CC)c1ccc([C@H](N)C(=O)OC)cc1. The molecule has 0 aliphatic rings. The van der Waals surface area contributed by atoms with Crippen molar-refractivity contribution in [1.82, 2.24) is 0 Å². The maximum absolute atomic E-state index is 11.3. The van der Waals surface area contributed by atoms with E-state index in [1.807, 2.05) is 24.3 Å². The number of ether oxygens (including phenoxy) is 1. The largest absolute Gasteiger partial charge is 0.468 e. The summed E-state index contributed by atoms with van der Waals surface area (Å²) in [5.74, 6) is -0.416. The molecule has 4 nitrogen and oxygen atoms in total. The lowest BCUT2D eigenvalue weighted by molar-refractivity contribution is -0.142. The molecule has 0 radical (unpaired) electrons. The van der Waals surface area contributed by atoms with Gasteiger partial charge in [0.2, 0.25) is 0 Å². The van der Waals surface area contributed by atoms with Crippen LogP contribution in [0.5, 0.6) is 0 Å². The molecule has 0 aromatic heterocycles. The zero-order valence-electron chi connectivity index (χ0n) is 10.6. The van der Waals surface area contributed by atoms with E-state index in [-0.39, 0.29) is 0 Å². The van der Waals surface area contributed by atoms with E-state index >= 15 is 0 Å². The Kier molecular flexibility index (Phi) is 4.97. The average molecular weight is 236 g/mol. The highest BCUT2D eigenvalue weighted by Gasteiger charge is 2.15. The number of nitrogens with zero attached hydrogens (tertiary/aromatic N) is 1. The quantitative estimate of drug-likeness (QED) is 0.791. The van der Waals surface area contributed by atoms with E-state index in [0.717, 1.165) is 24.3 Å². The molecule has 0 spiro atoms. The van der Waals surface area contributed by atoms with Gasteiger partial charge in [-0.2, -0.15) is 0 Å². The Labute approximate surface area is 102 Å². The topological polar surface area (TPSA) is 55.6 Å². The average Bonchev–Trinajstić information content (AvgIpc) is 2.39. The van der Waals surface area contributed by atoms with Crippen molar-refractivity contribution in [3.8, 4) is 0 Å². The smallest absolute Gasteiger partial charge is 0.327 e. The molecule has 2 N–H and O–H groups in total. The lowest BCUT2D eigenvalue weighted by atomic mass is 10.1. The fraction of sp³-hybridized carbons (Fsp3) is 0.462. The number of hydrogen-bond donors (Lipinski definition) is 1. The van der Waals surface area contributed by atoms with Crippen molar-refractivity contribution in [2.24, 2.45) is 5.73 Å². The van der Waals surface area contributed by atoms with Crippen LogP contribution in [0.3, 0.4) is 0 Å². The van der Waals surface area contributed by atoms with Crippen LogP contribution in [0.25, 0.3) is 0 Å². The summed E-state index contributed by atoms with van der Waals surface area (Å²) in [4.78, 5) is 13.5. The Morgan fingerprint density at radius 2 is 1.82 bits per heavy atom. The van der Waals surface area contributed by atoms with Gasteiger partial charge in [-0.15, -0.1) is 0 Å². The van der Waals surface area contributed by atoms with Crippen molar-refractivity contribution in [2.45, 2.75) is 19.9 Å². The summed E-state index contributed by atoms with van der Waals surface area (Å²) < 4.78 is 4.61. The van der Waals surface area contributed by atoms with Crippen LogP contribution in [0.4, 0.5) is 5.69 Å². The van der Waals surface area contributed by atoms with Gasteiger partial charge in [-0.25, -0.2) is 0 Å². The van der Waals surface area contributed by atoms with Crippen molar-refractivity contribution in [2.75, 3.05) is 25.1 Å². The van der Waals surface area contributed by atoms with Crippen molar-refractivity contribution in [3.05, 3.63) is 29.8 Å². The number of rotatable bonds is 5. The molecule has 4 heteroatoms. The van der Waals surface area contributed by atoms with E-state index in [1.54, 1.807) is 0 Å². The third kappa shape index (κ3) is 3.20. The zero-order chi connectivity index (χ0) is 12.8. The molecule has 1 aromatic carbocycles. The van der Waals surface area contributed by atoms with Gasteiger partial charge in [0, 0.05) is 18.8 Å². The first-order chi connectivity index (χ1) is 8.13. The van der Waals surface area contributed by atoms with Crippen LogP contribution in [0, 0.1) is 0 Å². The molecule has 0 amide bonds. The Morgan fingerprint density at radius 3 is 2.24 bits per heavy atom. The predicted molar refractivity (Wildman–Crippen MR) is 68.9 cm³/mol. The molecular formula is C13H20N2O2. The van der Waals surface area contributed by atoms with Crippen molar-refractivity contribution < 1.29 is 9.53 Å². The summed E-state index contributed by atoms with van der Waals surface area (Å²) >= 11 is 0. The lowest BCUT2D eigenvalue weighted by Gasteiger charge is -2.21. The summed E-state index contributed by atoms with van der Waals surface area (Å²) in [6.07, 6.45) is 0. The second-order valence-corrected chi connectivity index (χ2v) is 3.76. The van der Waals surface area contributed by atoms with Crippen LogP contribution < -0.4 is 10.6 Å². The van der Waals surface area contributed by atoms with E-state index in [9.17, 15) is 4.79 Å². The fourth-order valence-electron chi connectivity index (χ4n) is 1.74. The molecule has 0 aliphatic carbocycles. The van der Waals surface area contributed by atoms with E-state index in [0.29, 0.717) is 0 Å². The molecule has 0 saturated carbocycles. The van der Waals surface area contributed by atoms with E-state index in [4.69, 9.17) is 5.73 Å². The molecule has 0 unspecified atom stereocenters. The molecule has 0 bridgehead atoms. The lowest BCUT2D eigenvalue weighted by Crippen LogP contribution is -2.24. The molecule has 94 valence electrons. The number of nitrogens with two attached hydrogens (primary N) is 1. The van der Waals surface area contributed by atoms with Crippen LogP contribution in [0.1, 0.15) is 25.5 Å². The van der Waals surface area contributed by atoms with Crippen LogP contribution in [0.15, 0.2) is 24.3 Å². The molecule has 1 rings (SSSR count). The number of benzene rings is 1. The third-order valence-electron chi connectivity index (χ3n) is 2.84. The molecule has 1 aromatic rings. The Balaban J connectivity index is 2.84. The minimum atomic E-state index is -0.703. The van der Waals surface area contributed by atoms with Gasteiger partial charge in [0.25, 0.3) is 0 Å². The Hall–Kier alpha value is -1.55. The first-order valence-electron chi connectivity index (χ1n) is 5.82. The van der Waals surface area contributed by atoms with Gasteiger partial charge in [-0.05, 0) is 31.5 Å². The predicted octanol–water partition coefficient (Wildman–Crippen LogP) is 1.71. The van der Waals surface area contributed by atoms with Gasteiger partial charge in [0.15, 0.2) is 0 Å². The highest BCUT2D eigenvalue weighted by Crippen LogP contribution is 2.18. The van der Waals surface area contributed by atoms with Crippen molar-refractivity contribution >= 4 is 11.7 Å². The minimum absolute atomic E-state index is 0.416. The number of carbonyl (C=O) groups is 1. The number of methoxy groups -OCH3 is 1. The van der Waals surface area contributed by atoms with Crippen LogP contribution in [0.2, 0.25) is 0 Å². The maximum atomic E-state index is 11.3. The van der Waals surface area contributed by atoms with Crippen molar-refractivity contribution in [3.63, 3.8) is 0 Å². The minimum Gasteiger partial charge on any atom is -0.468 e. The number of hydrogen-bond acceptors (Lipinski definition) is 4. The van der Waals surface area contributed by atoms with Gasteiger partial charge in [-0.3, -0.25) is 4.79 Å². The maximum Gasteiger partial charge on any atom is 0.327 e.